The molecule has 0 amide bonds. The molecular weight excluding hydrogens is 254 g/mol. The van der Waals surface area contributed by atoms with Crippen molar-refractivity contribution in [3.63, 3.8) is 0 Å². The summed E-state index contributed by atoms with van der Waals surface area (Å²) in [7, 11) is 0. The lowest BCUT2D eigenvalue weighted by Crippen LogP contribution is -2.27. The fraction of sp³-hybridized carbons (Fsp3) is 0.417. The number of hydrogen-bond donors (Lipinski definition) is 0. The Balaban J connectivity index is 2.20. The van der Waals surface area contributed by atoms with Crippen LogP contribution >= 0.6 is 15.9 Å². The van der Waals surface area contributed by atoms with Gasteiger partial charge in [0, 0.05) is 11.2 Å². The van der Waals surface area contributed by atoms with Crippen LogP contribution in [0.25, 0.3) is 0 Å². The van der Waals surface area contributed by atoms with Gasteiger partial charge in [-0.05, 0) is 12.0 Å². The van der Waals surface area contributed by atoms with E-state index in [9.17, 15) is 0 Å². The van der Waals surface area contributed by atoms with Crippen molar-refractivity contribution < 1.29 is 4.84 Å². The zero-order chi connectivity index (χ0) is 10.7. The maximum absolute atomic E-state index is 5.41. The number of benzene rings is 1. The second-order valence-corrected chi connectivity index (χ2v) is 4.51. The molecule has 1 aliphatic rings. The Morgan fingerprint density at radius 3 is 2.73 bits per heavy atom. The molecule has 0 spiro atoms. The third-order valence-electron chi connectivity index (χ3n) is 2.63. The van der Waals surface area contributed by atoms with Gasteiger partial charge in [-0.3, -0.25) is 0 Å². The first-order valence-corrected chi connectivity index (χ1v) is 6.28. The fourth-order valence-electron chi connectivity index (χ4n) is 1.81. The van der Waals surface area contributed by atoms with E-state index in [0.717, 1.165) is 23.0 Å². The molecule has 0 saturated heterocycles. The first-order valence-electron chi connectivity index (χ1n) is 5.16. The lowest BCUT2D eigenvalue weighted by molar-refractivity contribution is 0.0512. The highest BCUT2D eigenvalue weighted by atomic mass is 79.9. The van der Waals surface area contributed by atoms with Crippen LogP contribution in [0.1, 0.15) is 18.9 Å². The molecule has 0 fully saturated rings. The minimum Gasteiger partial charge on any atom is -0.391 e. The molecule has 3 heteroatoms. The number of hydrogen-bond acceptors (Lipinski definition) is 2. The van der Waals surface area contributed by atoms with E-state index in [1.54, 1.807) is 0 Å². The molecule has 0 bridgehead atoms. The van der Waals surface area contributed by atoms with Gasteiger partial charge in [0.2, 0.25) is 0 Å². The molecule has 80 valence electrons. The van der Waals surface area contributed by atoms with Crippen molar-refractivity contribution in [2.75, 3.05) is 5.33 Å². The Labute approximate surface area is 98.4 Å². The van der Waals surface area contributed by atoms with Gasteiger partial charge in [-0.1, -0.05) is 58.3 Å². The second-order valence-electron chi connectivity index (χ2n) is 3.86. The lowest BCUT2D eigenvalue weighted by Gasteiger charge is -2.24. The Hall–Kier alpha value is -0.830. The van der Waals surface area contributed by atoms with Crippen LogP contribution in [-0.4, -0.2) is 17.1 Å². The summed E-state index contributed by atoms with van der Waals surface area (Å²) in [6, 6.07) is 10.2. The van der Waals surface area contributed by atoms with Crippen molar-refractivity contribution >= 4 is 21.6 Å². The number of nitrogens with zero attached hydrogens (tertiary/aromatic N) is 1. The molecule has 2 rings (SSSR count). The van der Waals surface area contributed by atoms with Crippen molar-refractivity contribution in [3.05, 3.63) is 35.9 Å². The third-order valence-corrected chi connectivity index (χ3v) is 3.35. The van der Waals surface area contributed by atoms with E-state index in [4.69, 9.17) is 4.84 Å². The van der Waals surface area contributed by atoms with Gasteiger partial charge in [0.1, 0.15) is 6.10 Å². The van der Waals surface area contributed by atoms with E-state index in [-0.39, 0.29) is 6.10 Å². The molecule has 0 radical (unpaired) electrons. The average Bonchev–Trinajstić information content (AvgIpc) is 2.30. The highest BCUT2D eigenvalue weighted by molar-refractivity contribution is 9.09. The van der Waals surface area contributed by atoms with Gasteiger partial charge in [0.25, 0.3) is 0 Å². The van der Waals surface area contributed by atoms with Crippen molar-refractivity contribution in [2.45, 2.75) is 19.4 Å². The van der Waals surface area contributed by atoms with Crippen LogP contribution < -0.4 is 0 Å². The molecule has 2 unspecified atom stereocenters. The Bertz CT molecular complexity index is 350. The predicted molar refractivity (Wildman–Crippen MR) is 65.4 cm³/mol. The van der Waals surface area contributed by atoms with Gasteiger partial charge in [-0.25, -0.2) is 0 Å². The molecule has 2 nitrogen and oxygen atoms in total. The minimum absolute atomic E-state index is 0.215. The van der Waals surface area contributed by atoms with Crippen molar-refractivity contribution in [2.24, 2.45) is 11.1 Å². The van der Waals surface area contributed by atoms with Gasteiger partial charge in [-0.15, -0.1) is 0 Å². The van der Waals surface area contributed by atoms with E-state index < -0.39 is 0 Å². The highest BCUT2D eigenvalue weighted by Crippen LogP contribution is 2.22. The first kappa shape index (κ1) is 10.7. The molecule has 1 aromatic rings. The summed E-state index contributed by atoms with van der Waals surface area (Å²) in [6.45, 7) is 2.20. The molecule has 2 atom stereocenters. The summed E-state index contributed by atoms with van der Waals surface area (Å²) in [4.78, 5) is 5.41. The van der Waals surface area contributed by atoms with Crippen LogP contribution in [-0.2, 0) is 4.84 Å². The summed E-state index contributed by atoms with van der Waals surface area (Å²) < 4.78 is 0. The lowest BCUT2D eigenvalue weighted by atomic mass is 9.93. The third kappa shape index (κ3) is 2.40. The molecule has 1 heterocycles. The Morgan fingerprint density at radius 2 is 2.13 bits per heavy atom. The number of alkyl halides is 1. The first-order chi connectivity index (χ1) is 7.31. The van der Waals surface area contributed by atoms with Gasteiger partial charge in [0.05, 0.1) is 5.71 Å². The molecule has 0 saturated carbocycles. The van der Waals surface area contributed by atoms with Gasteiger partial charge < -0.3 is 4.84 Å². The SMILES string of the molecule is CC1CC(CBr)ON=C1c1ccccc1. The maximum Gasteiger partial charge on any atom is 0.137 e. The van der Waals surface area contributed by atoms with E-state index in [2.05, 4.69) is 40.1 Å². The highest BCUT2D eigenvalue weighted by Gasteiger charge is 2.24. The summed E-state index contributed by atoms with van der Waals surface area (Å²) in [5, 5.41) is 5.07. The van der Waals surface area contributed by atoms with Crippen LogP contribution in [0.2, 0.25) is 0 Å². The van der Waals surface area contributed by atoms with Crippen molar-refractivity contribution in [3.8, 4) is 0 Å². The normalized spacial score (nSPS) is 25.6. The number of halogens is 1. The van der Waals surface area contributed by atoms with Gasteiger partial charge >= 0.3 is 0 Å². The van der Waals surface area contributed by atoms with E-state index in [1.807, 2.05) is 18.2 Å². The summed E-state index contributed by atoms with van der Waals surface area (Å²) in [5.74, 6) is 0.462. The predicted octanol–water partition coefficient (Wildman–Crippen LogP) is 3.21. The van der Waals surface area contributed by atoms with Crippen LogP contribution in [0, 0.1) is 5.92 Å². The Morgan fingerprint density at radius 1 is 1.40 bits per heavy atom. The second kappa shape index (κ2) is 4.79. The minimum atomic E-state index is 0.215. The van der Waals surface area contributed by atoms with Crippen LogP contribution in [0.3, 0.4) is 0 Å². The Kier molecular flexibility index (Phi) is 3.41. The molecule has 1 aromatic carbocycles. The van der Waals surface area contributed by atoms with E-state index >= 15 is 0 Å². The van der Waals surface area contributed by atoms with Crippen LogP contribution in [0.15, 0.2) is 35.5 Å². The molecule has 0 N–H and O–H groups in total. The molecule has 0 aromatic heterocycles. The summed E-state index contributed by atoms with van der Waals surface area (Å²) in [5.41, 5.74) is 2.23. The topological polar surface area (TPSA) is 21.6 Å². The average molecular weight is 268 g/mol. The zero-order valence-corrected chi connectivity index (χ0v) is 10.3. The molecular formula is C12H14BrNO. The van der Waals surface area contributed by atoms with Gasteiger partial charge in [0.15, 0.2) is 0 Å². The number of rotatable bonds is 2. The van der Waals surface area contributed by atoms with E-state index in [1.165, 1.54) is 0 Å². The summed E-state index contributed by atoms with van der Waals surface area (Å²) in [6.07, 6.45) is 1.24. The fourth-order valence-corrected chi connectivity index (χ4v) is 2.19. The van der Waals surface area contributed by atoms with Crippen molar-refractivity contribution in [1.82, 2.24) is 0 Å². The maximum atomic E-state index is 5.41. The molecule has 1 aliphatic heterocycles. The van der Waals surface area contributed by atoms with Crippen LogP contribution in [0.5, 0.6) is 0 Å². The largest absolute Gasteiger partial charge is 0.391 e. The summed E-state index contributed by atoms with van der Waals surface area (Å²) >= 11 is 3.42. The molecule has 0 aliphatic carbocycles. The van der Waals surface area contributed by atoms with E-state index in [0.29, 0.717) is 5.92 Å². The zero-order valence-electron chi connectivity index (χ0n) is 8.69. The molecule has 15 heavy (non-hydrogen) atoms. The van der Waals surface area contributed by atoms with Crippen molar-refractivity contribution in [1.29, 1.82) is 0 Å². The van der Waals surface area contributed by atoms with Gasteiger partial charge in [-0.2, -0.15) is 0 Å². The standard InChI is InChI=1S/C12H14BrNO/c1-9-7-11(8-13)15-14-12(9)10-5-3-2-4-6-10/h2-6,9,11H,7-8H2,1H3. The quantitative estimate of drug-likeness (QED) is 0.755. The monoisotopic (exact) mass is 267 g/mol. The number of oxime groups is 1. The van der Waals surface area contributed by atoms with Crippen LogP contribution in [0.4, 0.5) is 0 Å². The smallest absolute Gasteiger partial charge is 0.137 e.